The van der Waals surface area contributed by atoms with Gasteiger partial charge in [0.1, 0.15) is 32.5 Å². The van der Waals surface area contributed by atoms with Gasteiger partial charge in [-0.15, -0.1) is 0 Å². The van der Waals surface area contributed by atoms with E-state index in [0.29, 0.717) is 80.2 Å². The molecule has 0 bridgehead atoms. The molecule has 1 saturated heterocycles. The molecule has 276 valence electrons. The first-order valence-corrected chi connectivity index (χ1v) is 20.8. The molecule has 0 spiro atoms. The van der Waals surface area contributed by atoms with Crippen molar-refractivity contribution in [2.45, 2.75) is 77.3 Å². The summed E-state index contributed by atoms with van der Waals surface area (Å²) in [5, 5.41) is 1.23. The number of halogens is 2. The Bertz CT molecular complexity index is 1840. The van der Waals surface area contributed by atoms with Crippen LogP contribution in [0.1, 0.15) is 83.1 Å². The van der Waals surface area contributed by atoms with Gasteiger partial charge in [-0.05, 0) is 91.2 Å². The molecule has 0 aliphatic carbocycles. The SMILES string of the molecule is CCOc1cc(C(C)(C)C)ccc1C1=N[C@@](CC)(c2ccc(Cl)cc2)[C@@](CC)(c2ccc(Cl)cc2)N1C(=O)N1CCN(CCCS(C)(=O)=O)CC1. The molecule has 0 unspecified atom stereocenters. The second-order valence-corrected chi connectivity index (χ2v) is 17.8. The van der Waals surface area contributed by atoms with E-state index in [1.165, 1.54) is 6.26 Å². The zero-order valence-corrected chi connectivity index (χ0v) is 33.3. The van der Waals surface area contributed by atoms with Crippen LogP contribution in [0.15, 0.2) is 71.7 Å². The summed E-state index contributed by atoms with van der Waals surface area (Å²) >= 11 is 12.9. The minimum atomic E-state index is -3.03. The third-order valence-electron chi connectivity index (χ3n) is 10.5. The molecule has 2 heterocycles. The van der Waals surface area contributed by atoms with Crippen LogP contribution in [0.2, 0.25) is 10.0 Å². The topological polar surface area (TPSA) is 82.5 Å². The second-order valence-electron chi connectivity index (χ2n) is 14.7. The molecule has 51 heavy (non-hydrogen) atoms. The van der Waals surface area contributed by atoms with E-state index < -0.39 is 20.9 Å². The normalized spacial score (nSPS) is 21.5. The fraction of sp³-hybridized carbons (Fsp3) is 0.500. The van der Waals surface area contributed by atoms with E-state index in [4.69, 9.17) is 32.9 Å². The first-order valence-electron chi connectivity index (χ1n) is 18.0. The Balaban J connectivity index is 1.71. The second kappa shape index (κ2) is 15.5. The number of piperazine rings is 1. The van der Waals surface area contributed by atoms with Crippen LogP contribution in [-0.4, -0.2) is 86.3 Å². The zero-order chi connectivity index (χ0) is 37.2. The molecule has 3 aromatic rings. The summed E-state index contributed by atoms with van der Waals surface area (Å²) in [7, 11) is -3.03. The minimum Gasteiger partial charge on any atom is -0.493 e. The molecule has 0 aromatic heterocycles. The van der Waals surface area contributed by atoms with E-state index in [1.54, 1.807) is 0 Å². The van der Waals surface area contributed by atoms with Crippen molar-refractivity contribution in [2.24, 2.45) is 4.99 Å². The average Bonchev–Trinajstić information content (AvgIpc) is 3.40. The van der Waals surface area contributed by atoms with Crippen LogP contribution in [-0.2, 0) is 26.3 Å². The van der Waals surface area contributed by atoms with Crippen LogP contribution in [0.4, 0.5) is 4.79 Å². The molecular weight excluding hydrogens is 703 g/mol. The minimum absolute atomic E-state index is 0.120. The summed E-state index contributed by atoms with van der Waals surface area (Å²) in [4.78, 5) is 27.2. The van der Waals surface area contributed by atoms with Gasteiger partial charge in [-0.3, -0.25) is 14.8 Å². The Morgan fingerprint density at radius 1 is 0.863 bits per heavy atom. The van der Waals surface area contributed by atoms with Crippen LogP contribution in [0, 0.1) is 0 Å². The van der Waals surface area contributed by atoms with Gasteiger partial charge in [0.05, 0.1) is 17.9 Å². The predicted octanol–water partition coefficient (Wildman–Crippen LogP) is 8.54. The highest BCUT2D eigenvalue weighted by atomic mass is 35.5. The highest BCUT2D eigenvalue weighted by molar-refractivity contribution is 7.90. The van der Waals surface area contributed by atoms with Gasteiger partial charge in [-0.1, -0.05) is 88.2 Å². The van der Waals surface area contributed by atoms with Gasteiger partial charge in [0, 0.05) is 42.5 Å². The van der Waals surface area contributed by atoms with Crippen LogP contribution < -0.4 is 4.74 Å². The van der Waals surface area contributed by atoms with E-state index in [1.807, 2.05) is 65.3 Å². The van der Waals surface area contributed by atoms with Crippen molar-refractivity contribution in [1.82, 2.24) is 14.7 Å². The number of benzene rings is 3. The van der Waals surface area contributed by atoms with Crippen molar-refractivity contribution in [1.29, 1.82) is 0 Å². The number of ether oxygens (including phenoxy) is 1. The maximum atomic E-state index is 15.4. The molecule has 2 amide bonds. The standard InChI is InChI=1S/C40H52Cl2N4O4S/c1-8-39(29-12-17-32(41)18-13-29)40(9-2,30-14-19-33(42)20-15-30)46(37(47)45-25-23-44(24-26-45)22-11-27-51(7,48)49)36(43-39)34-21-16-31(38(4,5)6)28-35(34)50-10-3/h12-21,28H,8-11,22-27H2,1-7H3/t39-,40+/m0/s1. The van der Waals surface area contributed by atoms with Gasteiger partial charge in [0.15, 0.2) is 0 Å². The molecule has 0 N–H and O–H groups in total. The Kier molecular flexibility index (Phi) is 11.9. The molecule has 1 fully saturated rings. The molecule has 8 nitrogen and oxygen atoms in total. The number of urea groups is 1. The summed E-state index contributed by atoms with van der Waals surface area (Å²) in [6.45, 7) is 16.2. The Morgan fingerprint density at radius 2 is 1.45 bits per heavy atom. The smallest absolute Gasteiger partial charge is 0.326 e. The predicted molar refractivity (Wildman–Crippen MR) is 209 cm³/mol. The van der Waals surface area contributed by atoms with Crippen molar-refractivity contribution < 1.29 is 17.9 Å². The molecule has 3 aromatic carbocycles. The largest absolute Gasteiger partial charge is 0.493 e. The number of rotatable bonds is 11. The van der Waals surface area contributed by atoms with Crippen LogP contribution in [0.3, 0.4) is 0 Å². The number of amides is 2. The molecule has 0 saturated carbocycles. The molecular formula is C40H52Cl2N4O4S. The molecule has 2 atom stereocenters. The third kappa shape index (κ3) is 7.82. The summed E-state index contributed by atoms with van der Waals surface area (Å²) < 4.78 is 29.9. The quantitative estimate of drug-likeness (QED) is 0.196. The number of hydrogen-bond acceptors (Lipinski definition) is 6. The van der Waals surface area contributed by atoms with Crippen LogP contribution in [0.5, 0.6) is 5.75 Å². The van der Waals surface area contributed by atoms with Crippen molar-refractivity contribution in [3.05, 3.63) is 99.0 Å². The number of nitrogens with zero attached hydrogens (tertiary/aromatic N) is 4. The Hall–Kier alpha value is -3.11. The maximum Gasteiger partial charge on any atom is 0.326 e. The summed E-state index contributed by atoms with van der Waals surface area (Å²) in [5.74, 6) is 1.40. The Morgan fingerprint density at radius 3 is 1.96 bits per heavy atom. The van der Waals surface area contributed by atoms with E-state index in [2.05, 4.69) is 57.7 Å². The van der Waals surface area contributed by atoms with E-state index >= 15 is 4.79 Å². The van der Waals surface area contributed by atoms with Crippen molar-refractivity contribution in [3.8, 4) is 5.75 Å². The molecule has 5 rings (SSSR count). The van der Waals surface area contributed by atoms with E-state index in [0.717, 1.165) is 22.3 Å². The summed E-state index contributed by atoms with van der Waals surface area (Å²) in [5.41, 5.74) is 1.80. The molecule has 2 aliphatic heterocycles. The lowest BCUT2D eigenvalue weighted by atomic mass is 9.65. The van der Waals surface area contributed by atoms with Crippen LogP contribution in [0.25, 0.3) is 0 Å². The van der Waals surface area contributed by atoms with Crippen LogP contribution >= 0.6 is 23.2 Å². The number of carbonyl (C=O) groups excluding carboxylic acids is 1. The third-order valence-corrected chi connectivity index (χ3v) is 12.0. The molecule has 11 heteroatoms. The summed E-state index contributed by atoms with van der Waals surface area (Å²) in [6.07, 6.45) is 2.99. The highest BCUT2D eigenvalue weighted by Crippen LogP contribution is 2.58. The van der Waals surface area contributed by atoms with Gasteiger partial charge in [0.2, 0.25) is 0 Å². The van der Waals surface area contributed by atoms with E-state index in [9.17, 15) is 8.42 Å². The van der Waals surface area contributed by atoms with Gasteiger partial charge in [-0.2, -0.15) is 0 Å². The number of aliphatic imine (C=N–C) groups is 1. The number of carbonyl (C=O) groups is 1. The lowest BCUT2D eigenvalue weighted by molar-refractivity contribution is 0.0680. The van der Waals surface area contributed by atoms with E-state index in [-0.39, 0.29) is 17.2 Å². The summed E-state index contributed by atoms with van der Waals surface area (Å²) in [6, 6.07) is 21.8. The Labute approximate surface area is 314 Å². The molecule has 0 radical (unpaired) electrons. The van der Waals surface area contributed by atoms with Gasteiger partial charge in [0.25, 0.3) is 0 Å². The first kappa shape index (κ1) is 39.1. The van der Waals surface area contributed by atoms with Crippen molar-refractivity contribution in [3.63, 3.8) is 0 Å². The lowest BCUT2D eigenvalue weighted by Gasteiger charge is -2.50. The van der Waals surface area contributed by atoms with Gasteiger partial charge < -0.3 is 9.64 Å². The number of amidine groups is 1. The number of hydrogen-bond donors (Lipinski definition) is 0. The maximum absolute atomic E-state index is 15.4. The van der Waals surface area contributed by atoms with Crippen molar-refractivity contribution in [2.75, 3.05) is 51.3 Å². The molecule has 2 aliphatic rings. The fourth-order valence-electron chi connectivity index (χ4n) is 7.78. The first-order chi connectivity index (χ1) is 24.1. The van der Waals surface area contributed by atoms with Gasteiger partial charge >= 0.3 is 6.03 Å². The fourth-order valence-corrected chi connectivity index (χ4v) is 8.68. The zero-order valence-electron chi connectivity index (χ0n) is 31.0. The monoisotopic (exact) mass is 754 g/mol. The number of sulfone groups is 1. The lowest BCUT2D eigenvalue weighted by Crippen LogP contribution is -2.62. The average molecular weight is 756 g/mol. The van der Waals surface area contributed by atoms with Crippen molar-refractivity contribution >= 4 is 44.9 Å². The van der Waals surface area contributed by atoms with Gasteiger partial charge in [-0.25, -0.2) is 13.2 Å². The highest BCUT2D eigenvalue weighted by Gasteiger charge is 2.63.